The van der Waals surface area contributed by atoms with Crippen LogP contribution in [0.1, 0.15) is 18.4 Å². The number of aromatic nitrogens is 2. The molecule has 4 rings (SSSR count). The Hall–Kier alpha value is -1.94. The molecule has 1 fully saturated rings. The molecule has 0 bridgehead atoms. The SMILES string of the molecule is c1ccc(CN(c2ncnc3sccc23)C2CC2)cc1. The first kappa shape index (κ1) is 11.9. The minimum atomic E-state index is 0.633. The van der Waals surface area contributed by atoms with Crippen molar-refractivity contribution in [3.8, 4) is 0 Å². The third-order valence-electron chi connectivity index (χ3n) is 3.70. The molecular weight excluding hydrogens is 266 g/mol. The third kappa shape index (κ3) is 2.16. The average Bonchev–Trinajstić information content (AvgIpc) is 3.22. The highest BCUT2D eigenvalue weighted by Gasteiger charge is 2.31. The van der Waals surface area contributed by atoms with Gasteiger partial charge in [-0.2, -0.15) is 0 Å². The quantitative estimate of drug-likeness (QED) is 0.727. The summed E-state index contributed by atoms with van der Waals surface area (Å²) in [6.07, 6.45) is 4.22. The first-order valence-corrected chi connectivity index (χ1v) is 7.78. The molecule has 1 aliphatic carbocycles. The van der Waals surface area contributed by atoms with Crippen molar-refractivity contribution < 1.29 is 0 Å². The zero-order chi connectivity index (χ0) is 13.4. The van der Waals surface area contributed by atoms with Gasteiger partial charge in [0.15, 0.2) is 0 Å². The summed E-state index contributed by atoms with van der Waals surface area (Å²) in [5, 5.41) is 3.27. The van der Waals surface area contributed by atoms with E-state index in [2.05, 4.69) is 56.6 Å². The molecule has 0 atom stereocenters. The number of fused-ring (bicyclic) bond motifs is 1. The summed E-state index contributed by atoms with van der Waals surface area (Å²) < 4.78 is 0. The predicted molar refractivity (Wildman–Crippen MR) is 83.1 cm³/mol. The standard InChI is InChI=1S/C16H15N3S/c1-2-4-12(5-3-1)10-19(13-6-7-13)15-14-8-9-20-16(14)18-11-17-15/h1-5,8-9,11,13H,6-7,10H2. The largest absolute Gasteiger partial charge is 0.349 e. The molecule has 3 aromatic rings. The third-order valence-corrected chi connectivity index (χ3v) is 4.52. The van der Waals surface area contributed by atoms with Gasteiger partial charge in [-0.15, -0.1) is 11.3 Å². The fraction of sp³-hybridized carbons (Fsp3) is 0.250. The van der Waals surface area contributed by atoms with Crippen LogP contribution < -0.4 is 4.90 Å². The van der Waals surface area contributed by atoms with E-state index in [0.717, 1.165) is 17.2 Å². The van der Waals surface area contributed by atoms with Gasteiger partial charge in [-0.25, -0.2) is 9.97 Å². The van der Waals surface area contributed by atoms with Crippen molar-refractivity contribution >= 4 is 27.4 Å². The van der Waals surface area contributed by atoms with E-state index >= 15 is 0 Å². The summed E-state index contributed by atoms with van der Waals surface area (Å²) in [5.41, 5.74) is 1.33. The van der Waals surface area contributed by atoms with Crippen molar-refractivity contribution in [1.29, 1.82) is 0 Å². The van der Waals surface area contributed by atoms with Crippen molar-refractivity contribution in [3.63, 3.8) is 0 Å². The number of hydrogen-bond acceptors (Lipinski definition) is 4. The number of nitrogens with zero attached hydrogens (tertiary/aromatic N) is 3. The summed E-state index contributed by atoms with van der Waals surface area (Å²) in [5.74, 6) is 1.09. The molecule has 20 heavy (non-hydrogen) atoms. The molecule has 0 amide bonds. The highest BCUT2D eigenvalue weighted by molar-refractivity contribution is 7.16. The molecule has 0 aliphatic heterocycles. The summed E-state index contributed by atoms with van der Waals surface area (Å²) in [4.78, 5) is 12.4. The molecule has 0 radical (unpaired) electrons. The van der Waals surface area contributed by atoms with E-state index in [1.807, 2.05) is 0 Å². The molecule has 0 unspecified atom stereocenters. The van der Waals surface area contributed by atoms with Gasteiger partial charge in [0, 0.05) is 12.6 Å². The van der Waals surface area contributed by atoms with E-state index in [4.69, 9.17) is 0 Å². The lowest BCUT2D eigenvalue weighted by Gasteiger charge is -2.24. The number of thiophene rings is 1. The topological polar surface area (TPSA) is 29.0 Å². The Morgan fingerprint density at radius 2 is 1.95 bits per heavy atom. The first-order valence-electron chi connectivity index (χ1n) is 6.90. The second-order valence-corrected chi connectivity index (χ2v) is 6.08. The highest BCUT2D eigenvalue weighted by atomic mass is 32.1. The fourth-order valence-corrected chi connectivity index (χ4v) is 3.28. The Morgan fingerprint density at radius 3 is 2.75 bits per heavy atom. The Kier molecular flexibility index (Phi) is 2.89. The van der Waals surface area contributed by atoms with Crippen LogP contribution in [0.4, 0.5) is 5.82 Å². The molecule has 4 heteroatoms. The smallest absolute Gasteiger partial charge is 0.141 e. The Morgan fingerprint density at radius 1 is 1.10 bits per heavy atom. The summed E-state index contributed by atoms with van der Waals surface area (Å²) in [6, 6.07) is 13.4. The molecular formula is C16H15N3S. The van der Waals surface area contributed by atoms with Crippen molar-refractivity contribution in [3.05, 3.63) is 53.7 Å². The molecule has 100 valence electrons. The lowest BCUT2D eigenvalue weighted by Crippen LogP contribution is -2.26. The number of anilines is 1. The van der Waals surface area contributed by atoms with Crippen molar-refractivity contribution in [2.75, 3.05) is 4.90 Å². The molecule has 0 spiro atoms. The van der Waals surface area contributed by atoms with Gasteiger partial charge >= 0.3 is 0 Å². The van der Waals surface area contributed by atoms with Crippen LogP contribution in [0.2, 0.25) is 0 Å². The van der Waals surface area contributed by atoms with Crippen LogP contribution in [0.5, 0.6) is 0 Å². The lowest BCUT2D eigenvalue weighted by molar-refractivity contribution is 0.781. The first-order chi connectivity index (χ1) is 9.92. The summed E-state index contributed by atoms with van der Waals surface area (Å²) >= 11 is 1.68. The van der Waals surface area contributed by atoms with Crippen molar-refractivity contribution in [1.82, 2.24) is 9.97 Å². The molecule has 2 aromatic heterocycles. The fourth-order valence-electron chi connectivity index (χ4n) is 2.55. The lowest BCUT2D eigenvalue weighted by atomic mass is 10.2. The molecule has 1 saturated carbocycles. The molecule has 0 saturated heterocycles. The van der Waals surface area contributed by atoms with Crippen molar-refractivity contribution in [2.24, 2.45) is 0 Å². The normalized spacial score (nSPS) is 14.6. The molecule has 2 heterocycles. The van der Waals surface area contributed by atoms with Gasteiger partial charge in [-0.05, 0) is 29.9 Å². The maximum Gasteiger partial charge on any atom is 0.141 e. The van der Waals surface area contributed by atoms with Crippen LogP contribution in [-0.4, -0.2) is 16.0 Å². The zero-order valence-corrected chi connectivity index (χ0v) is 11.9. The van der Waals surface area contributed by atoms with Crippen LogP contribution >= 0.6 is 11.3 Å². The average molecular weight is 281 g/mol. The van der Waals surface area contributed by atoms with E-state index in [9.17, 15) is 0 Å². The highest BCUT2D eigenvalue weighted by Crippen LogP contribution is 2.36. The Bertz CT molecular complexity index is 719. The maximum atomic E-state index is 4.56. The molecule has 1 aromatic carbocycles. The molecule has 3 nitrogen and oxygen atoms in total. The summed E-state index contributed by atoms with van der Waals surface area (Å²) in [6.45, 7) is 0.924. The van der Waals surface area contributed by atoms with Gasteiger partial charge < -0.3 is 4.90 Å². The second kappa shape index (κ2) is 4.87. The van der Waals surface area contributed by atoms with Crippen LogP contribution in [0.15, 0.2) is 48.1 Å². The second-order valence-electron chi connectivity index (χ2n) is 5.18. The van der Waals surface area contributed by atoms with E-state index in [0.29, 0.717) is 6.04 Å². The number of hydrogen-bond donors (Lipinski definition) is 0. The van der Waals surface area contributed by atoms with Crippen LogP contribution in [0, 0.1) is 0 Å². The van der Waals surface area contributed by atoms with Gasteiger partial charge in [0.2, 0.25) is 0 Å². The van der Waals surface area contributed by atoms with Gasteiger partial charge in [0.05, 0.1) is 5.39 Å². The Labute approximate surface area is 121 Å². The van der Waals surface area contributed by atoms with Gasteiger partial charge in [0.25, 0.3) is 0 Å². The van der Waals surface area contributed by atoms with Gasteiger partial charge in [0.1, 0.15) is 17.0 Å². The van der Waals surface area contributed by atoms with Crippen LogP contribution in [0.25, 0.3) is 10.2 Å². The van der Waals surface area contributed by atoms with Crippen LogP contribution in [0.3, 0.4) is 0 Å². The monoisotopic (exact) mass is 281 g/mol. The maximum absolute atomic E-state index is 4.56. The summed E-state index contributed by atoms with van der Waals surface area (Å²) in [7, 11) is 0. The number of benzene rings is 1. The van der Waals surface area contributed by atoms with Gasteiger partial charge in [-0.3, -0.25) is 0 Å². The van der Waals surface area contributed by atoms with Crippen molar-refractivity contribution in [2.45, 2.75) is 25.4 Å². The predicted octanol–water partition coefficient (Wildman–Crippen LogP) is 3.86. The van der Waals surface area contributed by atoms with E-state index < -0.39 is 0 Å². The minimum Gasteiger partial charge on any atom is -0.349 e. The van der Waals surface area contributed by atoms with E-state index in [-0.39, 0.29) is 0 Å². The molecule has 1 aliphatic rings. The minimum absolute atomic E-state index is 0.633. The number of rotatable bonds is 4. The zero-order valence-electron chi connectivity index (χ0n) is 11.1. The Balaban J connectivity index is 1.74. The van der Waals surface area contributed by atoms with Crippen LogP contribution in [-0.2, 0) is 6.54 Å². The molecule has 0 N–H and O–H groups in total. The van der Waals surface area contributed by atoms with E-state index in [1.54, 1.807) is 17.7 Å². The van der Waals surface area contributed by atoms with E-state index in [1.165, 1.54) is 23.8 Å². The van der Waals surface area contributed by atoms with Gasteiger partial charge in [-0.1, -0.05) is 30.3 Å².